The number of ether oxygens (including phenoxy) is 6. The molecule has 3 heterocycles. The standard InChI is InChI=1S/C77H127NO18/c1-3-5-7-9-11-13-15-16-17-18-19-20-21-22-23-24-25-26-27-28-29-30-31-32-33-34-35-36-37-38-39-40-41-42-43-44-45-47-49-51-53-55-65(83)78-60(61(82)54-52-50-48-46-14-12-10-8-6-4-2)59-91-75-71(89)68(86)73(63(57-80)93-75)96-77-72(90)69(87)74(64(58-81)94-77)95-76-70(88)67(85)66(84)62(56-79)92-76/h5,7,11,13,16-17,19-20,22-23,25-26,28-29,31-32,34-35,37-38,52,54,60-64,66-77,79-82,84-90H,3-4,6,8-10,12,14-15,18,21,24,27,30,33,36,39-51,53,55-59H2,1-2H3,(H,78,83)/b7-5-,13-11-,17-16-,20-19-,23-22-,26-25-,29-28-,32-31-,35-34-,38-37-,54-52+. The first-order valence-corrected chi connectivity index (χ1v) is 36.4. The predicted octanol–water partition coefficient (Wildman–Crippen LogP) is 10.5. The topological polar surface area (TPSA) is 307 Å². The van der Waals surface area contributed by atoms with Crippen LogP contribution in [-0.4, -0.2) is 193 Å². The second-order valence-electron chi connectivity index (χ2n) is 25.3. The van der Waals surface area contributed by atoms with Crippen molar-refractivity contribution in [1.82, 2.24) is 5.32 Å². The van der Waals surface area contributed by atoms with E-state index >= 15 is 0 Å². The zero-order valence-corrected chi connectivity index (χ0v) is 58.0. The Labute approximate surface area is 575 Å². The number of rotatable bonds is 54. The molecule has 1 amide bonds. The summed E-state index contributed by atoms with van der Waals surface area (Å²) >= 11 is 0. The van der Waals surface area contributed by atoms with Crippen LogP contribution >= 0.6 is 0 Å². The number of hydrogen-bond acceptors (Lipinski definition) is 18. The lowest BCUT2D eigenvalue weighted by Crippen LogP contribution is -2.66. The highest BCUT2D eigenvalue weighted by Gasteiger charge is 2.53. The van der Waals surface area contributed by atoms with Crippen molar-refractivity contribution in [2.45, 2.75) is 317 Å². The van der Waals surface area contributed by atoms with Gasteiger partial charge < -0.3 is 89.9 Å². The van der Waals surface area contributed by atoms with Crippen molar-refractivity contribution in [2.75, 3.05) is 26.4 Å². The van der Waals surface area contributed by atoms with Crippen molar-refractivity contribution in [3.63, 3.8) is 0 Å². The second-order valence-corrected chi connectivity index (χ2v) is 25.3. The Bertz CT molecular complexity index is 2260. The summed E-state index contributed by atoms with van der Waals surface area (Å²) in [6.07, 6.45) is 53.2. The summed E-state index contributed by atoms with van der Waals surface area (Å²) in [6.45, 7) is 1.56. The van der Waals surface area contributed by atoms with Gasteiger partial charge in [-0.15, -0.1) is 0 Å². The van der Waals surface area contributed by atoms with Crippen LogP contribution in [0.25, 0.3) is 0 Å². The number of carbonyl (C=O) groups is 1. The van der Waals surface area contributed by atoms with Crippen LogP contribution in [0.3, 0.4) is 0 Å². The maximum atomic E-state index is 13.4. The molecule has 19 nitrogen and oxygen atoms in total. The van der Waals surface area contributed by atoms with E-state index in [-0.39, 0.29) is 18.9 Å². The monoisotopic (exact) mass is 1350 g/mol. The van der Waals surface area contributed by atoms with E-state index < -0.39 is 124 Å². The van der Waals surface area contributed by atoms with Gasteiger partial charge in [-0.2, -0.15) is 0 Å². The van der Waals surface area contributed by atoms with Crippen molar-refractivity contribution in [1.29, 1.82) is 0 Å². The Morgan fingerprint density at radius 1 is 0.385 bits per heavy atom. The molecule has 0 aliphatic carbocycles. The van der Waals surface area contributed by atoms with Crippen LogP contribution in [0, 0.1) is 0 Å². The molecular formula is C77H127NO18. The summed E-state index contributed by atoms with van der Waals surface area (Å²) in [5.74, 6) is -0.288. The number of carbonyl (C=O) groups excluding carboxylic acids is 1. The summed E-state index contributed by atoms with van der Waals surface area (Å²) in [5.41, 5.74) is 0. The molecule has 17 atom stereocenters. The lowest BCUT2D eigenvalue weighted by molar-refractivity contribution is -0.379. The van der Waals surface area contributed by atoms with Gasteiger partial charge in [0.1, 0.15) is 73.2 Å². The van der Waals surface area contributed by atoms with Gasteiger partial charge in [0.15, 0.2) is 18.9 Å². The van der Waals surface area contributed by atoms with E-state index in [2.05, 4.69) is 141 Å². The molecule has 0 aromatic rings. The summed E-state index contributed by atoms with van der Waals surface area (Å²) < 4.78 is 34.3. The molecule has 0 aromatic heterocycles. The van der Waals surface area contributed by atoms with Gasteiger partial charge in [0.05, 0.1) is 38.6 Å². The largest absolute Gasteiger partial charge is 0.394 e. The molecule has 3 saturated heterocycles. The zero-order valence-electron chi connectivity index (χ0n) is 58.0. The molecule has 17 unspecified atom stereocenters. The summed E-state index contributed by atoms with van der Waals surface area (Å²) in [4.78, 5) is 13.4. The number of amides is 1. The van der Waals surface area contributed by atoms with Crippen molar-refractivity contribution in [3.05, 3.63) is 134 Å². The molecule has 0 spiro atoms. The van der Waals surface area contributed by atoms with Gasteiger partial charge in [-0.25, -0.2) is 0 Å². The molecule has 0 aromatic carbocycles. The minimum atomic E-state index is -1.98. The molecule has 548 valence electrons. The third kappa shape index (κ3) is 37.4. The third-order valence-corrected chi connectivity index (χ3v) is 17.2. The van der Waals surface area contributed by atoms with E-state index in [4.69, 9.17) is 28.4 Å². The van der Waals surface area contributed by atoms with Gasteiger partial charge in [0.2, 0.25) is 5.91 Å². The first-order chi connectivity index (χ1) is 46.8. The molecule has 3 aliphatic heterocycles. The molecule has 0 bridgehead atoms. The Morgan fingerprint density at radius 2 is 0.719 bits per heavy atom. The van der Waals surface area contributed by atoms with Crippen LogP contribution in [0.15, 0.2) is 134 Å². The van der Waals surface area contributed by atoms with E-state index in [0.29, 0.717) is 6.42 Å². The van der Waals surface area contributed by atoms with Crippen molar-refractivity contribution >= 4 is 5.91 Å². The van der Waals surface area contributed by atoms with Gasteiger partial charge in [-0.05, 0) is 96.3 Å². The minimum Gasteiger partial charge on any atom is -0.394 e. The highest BCUT2D eigenvalue weighted by Crippen LogP contribution is 2.33. The van der Waals surface area contributed by atoms with Crippen LogP contribution in [0.4, 0.5) is 0 Å². The van der Waals surface area contributed by atoms with E-state index in [1.165, 1.54) is 64.2 Å². The van der Waals surface area contributed by atoms with Crippen molar-refractivity contribution in [3.8, 4) is 0 Å². The highest BCUT2D eigenvalue weighted by atomic mass is 16.8. The number of aliphatic hydroxyl groups is 11. The molecule has 3 fully saturated rings. The summed E-state index contributed by atoms with van der Waals surface area (Å²) in [7, 11) is 0. The average molecular weight is 1350 g/mol. The maximum absolute atomic E-state index is 13.4. The van der Waals surface area contributed by atoms with Crippen LogP contribution in [-0.2, 0) is 33.2 Å². The lowest BCUT2D eigenvalue weighted by Gasteiger charge is -2.48. The Balaban J connectivity index is 1.30. The maximum Gasteiger partial charge on any atom is 0.220 e. The fraction of sp³-hybridized carbons (Fsp3) is 0.701. The number of nitrogens with one attached hydrogen (secondary N) is 1. The van der Waals surface area contributed by atoms with Gasteiger partial charge >= 0.3 is 0 Å². The van der Waals surface area contributed by atoms with E-state index in [9.17, 15) is 61.0 Å². The van der Waals surface area contributed by atoms with E-state index in [1.54, 1.807) is 6.08 Å². The van der Waals surface area contributed by atoms with Gasteiger partial charge in [0.25, 0.3) is 0 Å². The highest BCUT2D eigenvalue weighted by molar-refractivity contribution is 5.76. The quantitative estimate of drug-likeness (QED) is 0.0199. The Kier molecular flexibility index (Phi) is 50.8. The molecule has 12 N–H and O–H groups in total. The Hall–Kier alpha value is -4.07. The third-order valence-electron chi connectivity index (χ3n) is 17.2. The molecule has 3 rings (SSSR count). The normalized spacial score (nSPS) is 27.9. The van der Waals surface area contributed by atoms with Gasteiger partial charge in [-0.3, -0.25) is 4.79 Å². The van der Waals surface area contributed by atoms with Crippen LogP contribution in [0.5, 0.6) is 0 Å². The van der Waals surface area contributed by atoms with Crippen LogP contribution in [0.2, 0.25) is 0 Å². The molecule has 96 heavy (non-hydrogen) atoms. The molecule has 3 aliphatic rings. The first-order valence-electron chi connectivity index (χ1n) is 36.4. The fourth-order valence-electron chi connectivity index (χ4n) is 11.3. The molecular weight excluding hydrogens is 1230 g/mol. The van der Waals surface area contributed by atoms with Crippen molar-refractivity contribution < 1.29 is 89.4 Å². The number of aliphatic hydroxyl groups excluding tert-OH is 11. The fourth-order valence-corrected chi connectivity index (χ4v) is 11.3. The second kappa shape index (κ2) is 56.7. The SMILES string of the molecule is CC/C=C\C/C=C\C/C=C\C/C=C\C/C=C\C/C=C\C/C=C\C/C=C\C/C=C\C/C=C\CCCCCCCCCCCCC(=O)NC(COC1OC(CO)C(OC2OC(CO)C(OC3OC(CO)C(O)C(O)C3O)C(O)C2O)C(O)C1O)C(O)/C=C/CCCCCCCCCC. The van der Waals surface area contributed by atoms with Crippen molar-refractivity contribution in [2.24, 2.45) is 0 Å². The van der Waals surface area contributed by atoms with Gasteiger partial charge in [0, 0.05) is 6.42 Å². The predicted molar refractivity (Wildman–Crippen MR) is 378 cm³/mol. The summed E-state index contributed by atoms with van der Waals surface area (Å²) in [6, 6.07) is -0.982. The van der Waals surface area contributed by atoms with E-state index in [1.807, 2.05) is 6.08 Å². The van der Waals surface area contributed by atoms with Gasteiger partial charge in [-0.1, -0.05) is 244 Å². The minimum absolute atomic E-state index is 0.230. The lowest BCUT2D eigenvalue weighted by atomic mass is 9.96. The number of allylic oxidation sites excluding steroid dienone is 21. The smallest absolute Gasteiger partial charge is 0.220 e. The number of unbranched alkanes of at least 4 members (excludes halogenated alkanes) is 18. The van der Waals surface area contributed by atoms with Crippen LogP contribution in [0.1, 0.15) is 213 Å². The van der Waals surface area contributed by atoms with Crippen LogP contribution < -0.4 is 5.32 Å². The van der Waals surface area contributed by atoms with E-state index in [0.717, 1.165) is 122 Å². The first kappa shape index (κ1) is 86.2. The molecule has 0 saturated carbocycles. The zero-order chi connectivity index (χ0) is 69.6. The molecule has 19 heteroatoms. The average Bonchev–Trinajstić information content (AvgIpc) is 0.849. The number of hydrogen-bond donors (Lipinski definition) is 12. The summed E-state index contributed by atoms with van der Waals surface area (Å²) in [5, 5.41) is 120. The molecule has 0 radical (unpaired) electrons. The Morgan fingerprint density at radius 3 is 1.12 bits per heavy atom.